The first-order valence-electron chi connectivity index (χ1n) is 10.9. The molecular weight excluding hydrogens is 446 g/mol. The molecule has 2 aromatic heterocycles. The number of rotatable bonds is 5. The smallest absolute Gasteiger partial charge is 0.275 e. The third-order valence-electron chi connectivity index (χ3n) is 5.83. The highest BCUT2D eigenvalue weighted by Gasteiger charge is 2.38. The molecule has 0 fully saturated rings. The maximum atomic E-state index is 13.5. The molecule has 174 valence electrons. The van der Waals surface area contributed by atoms with E-state index in [1.165, 1.54) is 16.9 Å². The van der Waals surface area contributed by atoms with Gasteiger partial charge in [-0.1, -0.05) is 36.4 Å². The molecule has 35 heavy (non-hydrogen) atoms. The second-order valence-corrected chi connectivity index (χ2v) is 8.10. The van der Waals surface area contributed by atoms with E-state index in [1.54, 1.807) is 43.5 Å². The van der Waals surface area contributed by atoms with Gasteiger partial charge in [0.05, 0.1) is 27.9 Å². The Kier molecular flexibility index (Phi) is 5.54. The first-order chi connectivity index (χ1) is 16.9. The Morgan fingerprint density at radius 3 is 2.60 bits per heavy atom. The average Bonchev–Trinajstić information content (AvgIpc) is 3.27. The van der Waals surface area contributed by atoms with Crippen LogP contribution in [0, 0.1) is 17.0 Å². The molecule has 5 rings (SSSR count). The molecule has 1 aliphatic heterocycles. The number of hydrogen-bond donors (Lipinski definition) is 2. The van der Waals surface area contributed by atoms with Gasteiger partial charge in [-0.15, -0.1) is 5.10 Å². The van der Waals surface area contributed by atoms with Gasteiger partial charge < -0.3 is 10.6 Å². The fourth-order valence-electron chi connectivity index (χ4n) is 4.19. The summed E-state index contributed by atoms with van der Waals surface area (Å²) in [6.45, 7) is 3.70. The SMILES string of the molecule is CC1=C(C(=O)Nc2cccnc2)C(c2ccccc2[N+](=O)[O-])n2nc(-c3ccccc3C)nc2N1. The van der Waals surface area contributed by atoms with Crippen LogP contribution in [0.3, 0.4) is 0 Å². The van der Waals surface area contributed by atoms with Crippen LogP contribution in [0.15, 0.2) is 84.3 Å². The first-order valence-corrected chi connectivity index (χ1v) is 10.9. The number of fused-ring (bicyclic) bond motifs is 1. The zero-order chi connectivity index (χ0) is 24.5. The predicted molar refractivity (Wildman–Crippen MR) is 131 cm³/mol. The molecule has 0 spiro atoms. The van der Waals surface area contributed by atoms with Crippen molar-refractivity contribution in [2.75, 3.05) is 10.6 Å². The van der Waals surface area contributed by atoms with E-state index in [4.69, 9.17) is 5.10 Å². The zero-order valence-corrected chi connectivity index (χ0v) is 19.0. The molecule has 0 saturated heterocycles. The third-order valence-corrected chi connectivity index (χ3v) is 5.83. The quantitative estimate of drug-likeness (QED) is 0.327. The predicted octanol–water partition coefficient (Wildman–Crippen LogP) is 4.48. The molecule has 1 unspecified atom stereocenters. The van der Waals surface area contributed by atoms with Crippen molar-refractivity contribution in [1.82, 2.24) is 19.7 Å². The Hall–Kier alpha value is -4.86. The van der Waals surface area contributed by atoms with Crippen molar-refractivity contribution in [3.63, 3.8) is 0 Å². The fourth-order valence-corrected chi connectivity index (χ4v) is 4.19. The summed E-state index contributed by atoms with van der Waals surface area (Å²) >= 11 is 0. The van der Waals surface area contributed by atoms with Gasteiger partial charge in [0.25, 0.3) is 11.6 Å². The minimum Gasteiger partial charge on any atom is -0.328 e. The summed E-state index contributed by atoms with van der Waals surface area (Å²) in [5.41, 5.74) is 3.34. The van der Waals surface area contributed by atoms with Crippen LogP contribution < -0.4 is 10.6 Å². The van der Waals surface area contributed by atoms with Crippen molar-refractivity contribution in [1.29, 1.82) is 0 Å². The molecule has 2 aromatic carbocycles. The van der Waals surface area contributed by atoms with E-state index in [1.807, 2.05) is 31.2 Å². The summed E-state index contributed by atoms with van der Waals surface area (Å²) in [5.74, 6) is 0.419. The van der Waals surface area contributed by atoms with Crippen LogP contribution in [-0.4, -0.2) is 30.6 Å². The van der Waals surface area contributed by atoms with Crippen LogP contribution >= 0.6 is 0 Å². The van der Waals surface area contributed by atoms with Crippen LogP contribution in [0.25, 0.3) is 11.4 Å². The standard InChI is InChI=1S/C25H21N7O3/c1-15-8-3-4-10-18(15)23-29-25-27-16(2)21(24(33)28-17-9-7-13-26-14-17)22(31(25)30-23)19-11-5-6-12-20(19)32(34)35/h3-14,22H,1-2H3,(H,28,33)(H,27,29,30). The zero-order valence-electron chi connectivity index (χ0n) is 19.0. The molecule has 0 radical (unpaired) electrons. The number of nitrogens with one attached hydrogen (secondary N) is 2. The molecule has 1 atom stereocenters. The summed E-state index contributed by atoms with van der Waals surface area (Å²) < 4.78 is 1.54. The van der Waals surface area contributed by atoms with E-state index in [9.17, 15) is 14.9 Å². The molecule has 3 heterocycles. The summed E-state index contributed by atoms with van der Waals surface area (Å²) in [6, 6.07) is 16.6. The summed E-state index contributed by atoms with van der Waals surface area (Å²) in [4.78, 5) is 33.7. The topological polar surface area (TPSA) is 128 Å². The lowest BCUT2D eigenvalue weighted by atomic mass is 9.93. The second-order valence-electron chi connectivity index (χ2n) is 8.10. The van der Waals surface area contributed by atoms with Crippen molar-refractivity contribution in [3.05, 3.63) is 106 Å². The van der Waals surface area contributed by atoms with Gasteiger partial charge in [0, 0.05) is 23.5 Å². The van der Waals surface area contributed by atoms with E-state index in [-0.39, 0.29) is 11.3 Å². The third kappa shape index (κ3) is 4.01. The van der Waals surface area contributed by atoms with Gasteiger partial charge in [0.2, 0.25) is 5.95 Å². The molecule has 1 amide bonds. The average molecular weight is 467 g/mol. The number of nitrogens with zero attached hydrogens (tertiary/aromatic N) is 5. The van der Waals surface area contributed by atoms with Gasteiger partial charge in [-0.25, -0.2) is 4.68 Å². The van der Waals surface area contributed by atoms with E-state index in [2.05, 4.69) is 20.6 Å². The van der Waals surface area contributed by atoms with Crippen LogP contribution in [-0.2, 0) is 4.79 Å². The molecule has 0 aliphatic carbocycles. The first kappa shape index (κ1) is 22.0. The number of benzene rings is 2. The van der Waals surface area contributed by atoms with Gasteiger partial charge in [0.1, 0.15) is 6.04 Å². The number of pyridine rings is 1. The Morgan fingerprint density at radius 2 is 1.86 bits per heavy atom. The maximum Gasteiger partial charge on any atom is 0.275 e. The highest BCUT2D eigenvalue weighted by molar-refractivity contribution is 6.06. The van der Waals surface area contributed by atoms with Crippen LogP contribution in [0.2, 0.25) is 0 Å². The van der Waals surface area contributed by atoms with E-state index < -0.39 is 16.9 Å². The number of nitro groups is 1. The number of para-hydroxylation sites is 1. The number of aryl methyl sites for hydroxylation is 1. The number of amides is 1. The highest BCUT2D eigenvalue weighted by atomic mass is 16.6. The fraction of sp³-hybridized carbons (Fsp3) is 0.120. The number of anilines is 2. The van der Waals surface area contributed by atoms with Gasteiger partial charge in [0.15, 0.2) is 5.82 Å². The number of aromatic nitrogens is 4. The normalized spacial score (nSPS) is 14.7. The minimum absolute atomic E-state index is 0.113. The van der Waals surface area contributed by atoms with Crippen LogP contribution in [0.5, 0.6) is 0 Å². The highest BCUT2D eigenvalue weighted by Crippen LogP contribution is 2.40. The number of carbonyl (C=O) groups is 1. The second kappa shape index (κ2) is 8.82. The number of hydrogen-bond acceptors (Lipinski definition) is 7. The number of nitro benzene ring substituents is 1. The number of allylic oxidation sites excluding steroid dienone is 1. The Labute approximate surface area is 200 Å². The molecule has 1 aliphatic rings. The van der Waals surface area contributed by atoms with Gasteiger partial charge in [-0.05, 0) is 37.6 Å². The van der Waals surface area contributed by atoms with Crippen molar-refractivity contribution < 1.29 is 9.72 Å². The van der Waals surface area contributed by atoms with Gasteiger partial charge in [-0.2, -0.15) is 4.98 Å². The van der Waals surface area contributed by atoms with Crippen LogP contribution in [0.1, 0.15) is 24.1 Å². The lowest BCUT2D eigenvalue weighted by Gasteiger charge is -2.28. The molecule has 10 nitrogen and oxygen atoms in total. The monoisotopic (exact) mass is 467 g/mol. The van der Waals surface area contributed by atoms with Crippen LogP contribution in [0.4, 0.5) is 17.3 Å². The molecule has 2 N–H and O–H groups in total. The van der Waals surface area contributed by atoms with E-state index >= 15 is 0 Å². The van der Waals surface area contributed by atoms with E-state index in [0.29, 0.717) is 28.7 Å². The Morgan fingerprint density at radius 1 is 1.09 bits per heavy atom. The van der Waals surface area contributed by atoms with Crippen molar-refractivity contribution in [2.24, 2.45) is 0 Å². The molecule has 10 heteroatoms. The van der Waals surface area contributed by atoms with Crippen molar-refractivity contribution in [2.45, 2.75) is 19.9 Å². The molecular formula is C25H21N7O3. The lowest BCUT2D eigenvalue weighted by molar-refractivity contribution is -0.385. The summed E-state index contributed by atoms with van der Waals surface area (Å²) in [6.07, 6.45) is 3.13. The largest absolute Gasteiger partial charge is 0.328 e. The van der Waals surface area contributed by atoms with Crippen molar-refractivity contribution >= 4 is 23.2 Å². The maximum absolute atomic E-state index is 13.5. The number of carbonyl (C=O) groups excluding carboxylic acids is 1. The summed E-state index contributed by atoms with van der Waals surface area (Å²) in [7, 11) is 0. The van der Waals surface area contributed by atoms with Gasteiger partial charge >= 0.3 is 0 Å². The molecule has 4 aromatic rings. The minimum atomic E-state index is -0.880. The van der Waals surface area contributed by atoms with E-state index in [0.717, 1.165) is 11.1 Å². The Balaban J connectivity index is 1.68. The van der Waals surface area contributed by atoms with Crippen molar-refractivity contribution in [3.8, 4) is 11.4 Å². The Bertz CT molecular complexity index is 1480. The summed E-state index contributed by atoms with van der Waals surface area (Å²) in [5, 5.41) is 22.6. The lowest BCUT2D eigenvalue weighted by Crippen LogP contribution is -2.32. The molecule has 0 bridgehead atoms. The van der Waals surface area contributed by atoms with Gasteiger partial charge in [-0.3, -0.25) is 19.9 Å². The molecule has 0 saturated carbocycles.